The minimum atomic E-state index is -0.754. The number of carbonyl (C=O) groups is 1. The summed E-state index contributed by atoms with van der Waals surface area (Å²) in [6, 6.07) is 14.2. The summed E-state index contributed by atoms with van der Waals surface area (Å²) < 4.78 is 17.8. The summed E-state index contributed by atoms with van der Waals surface area (Å²) in [7, 11) is 0. The number of carbonyl (C=O) groups excluding carboxylic acids is 1. The molecule has 1 amide bonds. The third-order valence-electron chi connectivity index (χ3n) is 4.00. The maximum Gasteiger partial charge on any atom is 0.412 e. The fraction of sp³-hybridized carbons (Fsp3) is 0.381. The van der Waals surface area contributed by atoms with Gasteiger partial charge in [0.05, 0.1) is 6.61 Å². The normalized spacial score (nSPS) is 12.8. The number of ether oxygens (including phenoxy) is 3. The van der Waals surface area contributed by atoms with Crippen LogP contribution in [0.2, 0.25) is 0 Å². The number of hydrogen-bond acceptors (Lipinski definition) is 6. The lowest BCUT2D eigenvalue weighted by Gasteiger charge is -2.27. The predicted octanol–water partition coefficient (Wildman–Crippen LogP) is 3.90. The van der Waals surface area contributed by atoms with E-state index in [0.717, 1.165) is 4.47 Å². The Hall–Kier alpha value is -2.13. The van der Waals surface area contributed by atoms with E-state index in [9.17, 15) is 9.90 Å². The second-order valence-electron chi connectivity index (χ2n) is 6.11. The highest BCUT2D eigenvalue weighted by Gasteiger charge is 2.28. The fourth-order valence-corrected chi connectivity index (χ4v) is 3.03. The van der Waals surface area contributed by atoms with E-state index in [2.05, 4.69) is 21.2 Å². The van der Waals surface area contributed by atoms with E-state index in [-0.39, 0.29) is 19.8 Å². The zero-order valence-electron chi connectivity index (χ0n) is 16.2. The van der Waals surface area contributed by atoms with Gasteiger partial charge in [-0.2, -0.15) is 0 Å². The number of halogens is 1. The smallest absolute Gasteiger partial charge is 0.412 e. The molecule has 8 heteroatoms. The molecular weight excluding hydrogens is 442 g/mol. The van der Waals surface area contributed by atoms with Crippen LogP contribution in [-0.4, -0.2) is 48.8 Å². The van der Waals surface area contributed by atoms with Crippen molar-refractivity contribution in [3.8, 4) is 5.75 Å². The largest absolute Gasteiger partial charge is 0.491 e. The second kappa shape index (κ2) is 12.4. The Balaban J connectivity index is 2.21. The molecular formula is C21H26BrNO6. The summed E-state index contributed by atoms with van der Waals surface area (Å²) in [6.07, 6.45) is -1.63. The van der Waals surface area contributed by atoms with Gasteiger partial charge in [0.2, 0.25) is 0 Å². The van der Waals surface area contributed by atoms with Gasteiger partial charge in [-0.3, -0.25) is 5.32 Å². The van der Waals surface area contributed by atoms with Crippen LogP contribution in [0.15, 0.2) is 53.0 Å². The number of anilines is 1. The van der Waals surface area contributed by atoms with E-state index in [0.29, 0.717) is 30.0 Å². The average molecular weight is 468 g/mol. The molecule has 0 aliphatic rings. The zero-order valence-corrected chi connectivity index (χ0v) is 17.8. The summed E-state index contributed by atoms with van der Waals surface area (Å²) in [5, 5.41) is 21.1. The van der Waals surface area contributed by atoms with Gasteiger partial charge >= 0.3 is 6.09 Å². The minimum Gasteiger partial charge on any atom is -0.491 e. The summed E-state index contributed by atoms with van der Waals surface area (Å²) in [5.74, 6) is 0.540. The van der Waals surface area contributed by atoms with Crippen molar-refractivity contribution in [2.24, 2.45) is 0 Å². The molecule has 0 radical (unpaired) electrons. The molecule has 0 spiro atoms. The number of benzene rings is 2. The molecule has 0 heterocycles. The van der Waals surface area contributed by atoms with Crippen LogP contribution in [-0.2, 0) is 9.47 Å². The monoisotopic (exact) mass is 467 g/mol. The molecule has 0 unspecified atom stereocenters. The van der Waals surface area contributed by atoms with Crippen molar-refractivity contribution in [3.05, 3.63) is 58.6 Å². The third kappa shape index (κ3) is 7.66. The van der Waals surface area contributed by atoms with Gasteiger partial charge in [-0.1, -0.05) is 28.1 Å². The van der Waals surface area contributed by atoms with Crippen molar-refractivity contribution in [2.75, 3.05) is 31.7 Å². The topological polar surface area (TPSA) is 97.2 Å². The number of hydrogen-bond donors (Lipinski definition) is 3. The molecule has 2 atom stereocenters. The van der Waals surface area contributed by atoms with Gasteiger partial charge in [-0.15, -0.1) is 0 Å². The van der Waals surface area contributed by atoms with E-state index in [1.54, 1.807) is 36.4 Å². The lowest BCUT2D eigenvalue weighted by molar-refractivity contribution is -0.0484. The minimum absolute atomic E-state index is 0.105. The van der Waals surface area contributed by atoms with Crippen molar-refractivity contribution in [1.29, 1.82) is 0 Å². The first-order valence-corrected chi connectivity index (χ1v) is 10.2. The molecule has 0 aliphatic carbocycles. The maximum absolute atomic E-state index is 12.5. The van der Waals surface area contributed by atoms with Crippen molar-refractivity contribution in [3.63, 3.8) is 0 Å². The van der Waals surface area contributed by atoms with Crippen LogP contribution < -0.4 is 10.1 Å². The first kappa shape index (κ1) is 23.2. The summed E-state index contributed by atoms with van der Waals surface area (Å²) in [5.41, 5.74) is 1.25. The molecule has 158 valence electrons. The van der Waals surface area contributed by atoms with E-state index in [1.807, 2.05) is 19.1 Å². The van der Waals surface area contributed by atoms with Crippen molar-refractivity contribution in [1.82, 2.24) is 0 Å². The highest BCUT2D eigenvalue weighted by atomic mass is 79.9. The maximum atomic E-state index is 12.5. The van der Waals surface area contributed by atoms with E-state index < -0.39 is 18.3 Å². The van der Waals surface area contributed by atoms with Gasteiger partial charge in [0, 0.05) is 29.8 Å². The van der Waals surface area contributed by atoms with Crippen LogP contribution in [0.25, 0.3) is 0 Å². The number of amides is 1. The van der Waals surface area contributed by atoms with Crippen LogP contribution >= 0.6 is 15.9 Å². The zero-order chi connectivity index (χ0) is 21.1. The SMILES string of the molecule is CCO[C@H](CCO)[C@H](OC(=O)Nc1ccc(Br)cc1)c1cccc(OCCO)c1. The molecule has 0 fully saturated rings. The summed E-state index contributed by atoms with van der Waals surface area (Å²) in [6.45, 7) is 2.18. The molecule has 2 aromatic carbocycles. The Labute approximate surface area is 178 Å². The Morgan fingerprint density at radius 2 is 1.90 bits per heavy atom. The van der Waals surface area contributed by atoms with Gasteiger partial charge < -0.3 is 24.4 Å². The van der Waals surface area contributed by atoms with Gasteiger partial charge in [-0.25, -0.2) is 4.79 Å². The predicted molar refractivity (Wildman–Crippen MR) is 113 cm³/mol. The molecule has 0 saturated carbocycles. The molecule has 7 nitrogen and oxygen atoms in total. The van der Waals surface area contributed by atoms with Crippen LogP contribution in [0, 0.1) is 0 Å². The summed E-state index contributed by atoms with van der Waals surface area (Å²) >= 11 is 3.35. The van der Waals surface area contributed by atoms with Crippen LogP contribution in [0.3, 0.4) is 0 Å². The van der Waals surface area contributed by atoms with Crippen LogP contribution in [0.5, 0.6) is 5.75 Å². The van der Waals surface area contributed by atoms with Gasteiger partial charge in [0.1, 0.15) is 18.5 Å². The Morgan fingerprint density at radius 1 is 1.14 bits per heavy atom. The van der Waals surface area contributed by atoms with Gasteiger partial charge in [0.15, 0.2) is 6.10 Å². The first-order valence-electron chi connectivity index (χ1n) is 9.36. The third-order valence-corrected chi connectivity index (χ3v) is 4.53. The number of aliphatic hydroxyl groups excluding tert-OH is 2. The first-order chi connectivity index (χ1) is 14.1. The molecule has 2 rings (SSSR count). The highest BCUT2D eigenvalue weighted by molar-refractivity contribution is 9.10. The van der Waals surface area contributed by atoms with Crippen molar-refractivity contribution < 1.29 is 29.2 Å². The number of aliphatic hydroxyl groups is 2. The molecule has 0 bridgehead atoms. The van der Waals surface area contributed by atoms with E-state index in [4.69, 9.17) is 19.3 Å². The quantitative estimate of drug-likeness (QED) is 0.463. The lowest BCUT2D eigenvalue weighted by Crippen LogP contribution is -2.29. The Kier molecular flexibility index (Phi) is 9.93. The molecule has 2 aromatic rings. The fourth-order valence-electron chi connectivity index (χ4n) is 2.76. The molecule has 0 aliphatic heterocycles. The number of rotatable bonds is 11. The van der Waals surface area contributed by atoms with Crippen molar-refractivity contribution in [2.45, 2.75) is 25.6 Å². The Bertz CT molecular complexity index is 749. The van der Waals surface area contributed by atoms with E-state index in [1.165, 1.54) is 0 Å². The average Bonchev–Trinajstić information content (AvgIpc) is 2.72. The van der Waals surface area contributed by atoms with Crippen LogP contribution in [0.1, 0.15) is 25.0 Å². The second-order valence-corrected chi connectivity index (χ2v) is 7.02. The molecule has 3 N–H and O–H groups in total. The number of nitrogens with one attached hydrogen (secondary N) is 1. The van der Waals surface area contributed by atoms with Gasteiger partial charge in [0.25, 0.3) is 0 Å². The highest BCUT2D eigenvalue weighted by Crippen LogP contribution is 2.29. The van der Waals surface area contributed by atoms with Crippen LogP contribution in [0.4, 0.5) is 10.5 Å². The standard InChI is InChI=1S/C21H26BrNO6/c1-2-27-19(10-11-24)20(15-4-3-5-18(14-15)28-13-12-25)29-21(26)23-17-8-6-16(22)7-9-17/h3-9,14,19-20,24-25H,2,10-13H2,1H3,(H,23,26)/t19-,20-/m1/s1. The van der Waals surface area contributed by atoms with Crippen molar-refractivity contribution >= 4 is 27.7 Å². The molecule has 0 saturated heterocycles. The molecule has 29 heavy (non-hydrogen) atoms. The Morgan fingerprint density at radius 3 is 2.55 bits per heavy atom. The van der Waals surface area contributed by atoms with E-state index >= 15 is 0 Å². The van der Waals surface area contributed by atoms with Gasteiger partial charge in [-0.05, 0) is 48.9 Å². The summed E-state index contributed by atoms with van der Waals surface area (Å²) in [4.78, 5) is 12.5. The lowest BCUT2D eigenvalue weighted by atomic mass is 10.0. The molecule has 0 aromatic heterocycles.